The lowest BCUT2D eigenvalue weighted by atomic mass is 10.1. The van der Waals surface area contributed by atoms with Gasteiger partial charge in [0.1, 0.15) is 0 Å². The van der Waals surface area contributed by atoms with Crippen molar-refractivity contribution in [1.82, 2.24) is 10.1 Å². The molecule has 0 atom stereocenters. The van der Waals surface area contributed by atoms with E-state index in [-0.39, 0.29) is 11.7 Å². The normalized spacial score (nSPS) is 9.86. The fourth-order valence-corrected chi connectivity index (χ4v) is 1.92. The SMILES string of the molecule is Cc1cnoc1C(=O)N(C)Cc1cccc(C#CCN)c1. The van der Waals surface area contributed by atoms with Crippen LogP contribution in [0.2, 0.25) is 0 Å². The van der Waals surface area contributed by atoms with Crippen LogP contribution in [0.1, 0.15) is 27.2 Å². The number of aryl methyl sites for hydroxylation is 1. The van der Waals surface area contributed by atoms with Crippen LogP contribution in [0.4, 0.5) is 0 Å². The van der Waals surface area contributed by atoms with Crippen LogP contribution >= 0.6 is 0 Å². The molecule has 21 heavy (non-hydrogen) atoms. The predicted molar refractivity (Wildman–Crippen MR) is 79.4 cm³/mol. The summed E-state index contributed by atoms with van der Waals surface area (Å²) in [5, 5.41) is 3.63. The number of hydrogen-bond acceptors (Lipinski definition) is 4. The molecule has 5 nitrogen and oxygen atoms in total. The first-order chi connectivity index (χ1) is 10.1. The molecule has 2 rings (SSSR count). The second-order valence-corrected chi connectivity index (χ2v) is 4.71. The summed E-state index contributed by atoms with van der Waals surface area (Å²) >= 11 is 0. The van der Waals surface area contributed by atoms with E-state index in [4.69, 9.17) is 10.3 Å². The summed E-state index contributed by atoms with van der Waals surface area (Å²) in [5.41, 5.74) is 7.97. The first-order valence-corrected chi connectivity index (χ1v) is 6.56. The molecule has 1 heterocycles. The van der Waals surface area contributed by atoms with Crippen molar-refractivity contribution in [2.75, 3.05) is 13.6 Å². The first-order valence-electron chi connectivity index (χ1n) is 6.56. The lowest BCUT2D eigenvalue weighted by Crippen LogP contribution is -2.26. The van der Waals surface area contributed by atoms with Crippen LogP contribution in [-0.2, 0) is 6.54 Å². The number of amides is 1. The minimum Gasteiger partial charge on any atom is -0.351 e. The second kappa shape index (κ2) is 6.73. The molecule has 108 valence electrons. The molecule has 2 N–H and O–H groups in total. The van der Waals surface area contributed by atoms with Crippen molar-refractivity contribution in [3.8, 4) is 11.8 Å². The van der Waals surface area contributed by atoms with Crippen LogP contribution < -0.4 is 5.73 Å². The molecule has 0 aliphatic carbocycles. The van der Waals surface area contributed by atoms with Gasteiger partial charge < -0.3 is 15.2 Å². The number of carbonyl (C=O) groups is 1. The van der Waals surface area contributed by atoms with Crippen molar-refractivity contribution in [3.05, 3.63) is 52.9 Å². The molecule has 0 radical (unpaired) electrons. The molecular weight excluding hydrogens is 266 g/mol. The third-order valence-corrected chi connectivity index (χ3v) is 2.97. The molecule has 0 aliphatic heterocycles. The second-order valence-electron chi connectivity index (χ2n) is 4.71. The third kappa shape index (κ3) is 3.71. The maximum absolute atomic E-state index is 12.2. The summed E-state index contributed by atoms with van der Waals surface area (Å²) in [7, 11) is 1.72. The summed E-state index contributed by atoms with van der Waals surface area (Å²) in [5.74, 6) is 5.87. The molecule has 0 unspecified atom stereocenters. The van der Waals surface area contributed by atoms with Gasteiger partial charge in [0.15, 0.2) is 0 Å². The molecule has 0 saturated carbocycles. The fourth-order valence-electron chi connectivity index (χ4n) is 1.92. The average Bonchev–Trinajstić information content (AvgIpc) is 2.90. The molecule has 0 saturated heterocycles. The molecule has 0 spiro atoms. The summed E-state index contributed by atoms with van der Waals surface area (Å²) in [6.45, 7) is 2.59. The van der Waals surface area contributed by atoms with E-state index in [9.17, 15) is 4.79 Å². The van der Waals surface area contributed by atoms with Gasteiger partial charge in [-0.25, -0.2) is 0 Å². The topological polar surface area (TPSA) is 72.4 Å². The van der Waals surface area contributed by atoms with E-state index in [1.807, 2.05) is 24.3 Å². The van der Waals surface area contributed by atoms with E-state index in [1.165, 1.54) is 6.20 Å². The number of aromatic nitrogens is 1. The van der Waals surface area contributed by atoms with E-state index in [1.54, 1.807) is 18.9 Å². The van der Waals surface area contributed by atoms with Gasteiger partial charge in [-0.05, 0) is 24.6 Å². The molecule has 5 heteroatoms. The number of hydrogen-bond donors (Lipinski definition) is 1. The highest BCUT2D eigenvalue weighted by atomic mass is 16.5. The van der Waals surface area contributed by atoms with Crippen molar-refractivity contribution >= 4 is 5.91 Å². The Bertz CT molecular complexity index is 695. The maximum Gasteiger partial charge on any atom is 0.292 e. The van der Waals surface area contributed by atoms with Gasteiger partial charge in [-0.1, -0.05) is 29.1 Å². The highest BCUT2D eigenvalue weighted by Gasteiger charge is 2.18. The highest BCUT2D eigenvalue weighted by Crippen LogP contribution is 2.12. The molecule has 2 aromatic rings. The Balaban J connectivity index is 2.11. The van der Waals surface area contributed by atoms with Gasteiger partial charge in [-0.2, -0.15) is 0 Å². The van der Waals surface area contributed by atoms with Gasteiger partial charge in [-0.15, -0.1) is 0 Å². The Morgan fingerprint density at radius 1 is 1.48 bits per heavy atom. The van der Waals surface area contributed by atoms with Crippen molar-refractivity contribution in [3.63, 3.8) is 0 Å². The first kappa shape index (κ1) is 14.8. The Labute approximate surface area is 123 Å². The van der Waals surface area contributed by atoms with Crippen LogP contribution in [0.5, 0.6) is 0 Å². The fraction of sp³-hybridized carbons (Fsp3) is 0.250. The van der Waals surface area contributed by atoms with Gasteiger partial charge >= 0.3 is 0 Å². The quantitative estimate of drug-likeness (QED) is 0.868. The molecule has 1 amide bonds. The van der Waals surface area contributed by atoms with Crippen molar-refractivity contribution in [2.45, 2.75) is 13.5 Å². The van der Waals surface area contributed by atoms with Crippen LogP contribution in [0.15, 0.2) is 35.0 Å². The lowest BCUT2D eigenvalue weighted by molar-refractivity contribution is 0.0742. The molecule has 1 aromatic heterocycles. The third-order valence-electron chi connectivity index (χ3n) is 2.97. The lowest BCUT2D eigenvalue weighted by Gasteiger charge is -2.16. The van der Waals surface area contributed by atoms with E-state index in [0.29, 0.717) is 13.1 Å². The van der Waals surface area contributed by atoms with Crippen molar-refractivity contribution < 1.29 is 9.32 Å². The number of rotatable bonds is 3. The summed E-state index contributed by atoms with van der Waals surface area (Å²) < 4.78 is 4.98. The highest BCUT2D eigenvalue weighted by molar-refractivity contribution is 5.92. The van der Waals surface area contributed by atoms with Crippen molar-refractivity contribution in [1.29, 1.82) is 0 Å². The number of nitrogens with zero attached hydrogens (tertiary/aromatic N) is 2. The summed E-state index contributed by atoms with van der Waals surface area (Å²) in [6, 6.07) is 7.72. The van der Waals surface area contributed by atoms with Crippen LogP contribution in [0, 0.1) is 18.8 Å². The van der Waals surface area contributed by atoms with Crippen molar-refractivity contribution in [2.24, 2.45) is 5.73 Å². The Morgan fingerprint density at radius 2 is 2.29 bits per heavy atom. The minimum absolute atomic E-state index is 0.191. The number of nitrogens with two attached hydrogens (primary N) is 1. The standard InChI is InChI=1S/C16H17N3O2/c1-12-10-18-21-15(12)16(20)19(2)11-14-6-3-5-13(9-14)7-4-8-17/h3,5-6,9-10H,8,11,17H2,1-2H3. The Morgan fingerprint density at radius 3 is 2.95 bits per heavy atom. The number of carbonyl (C=O) groups excluding carboxylic acids is 1. The molecule has 0 bridgehead atoms. The Hall–Kier alpha value is -2.58. The van der Waals surface area contributed by atoms with E-state index >= 15 is 0 Å². The Kier molecular flexibility index (Phi) is 4.75. The zero-order valence-corrected chi connectivity index (χ0v) is 12.1. The zero-order valence-electron chi connectivity index (χ0n) is 12.1. The maximum atomic E-state index is 12.2. The van der Waals surface area contributed by atoms with Gasteiger partial charge in [0.25, 0.3) is 5.91 Å². The van der Waals surface area contributed by atoms with Gasteiger partial charge in [0, 0.05) is 24.7 Å². The number of benzene rings is 1. The minimum atomic E-state index is -0.191. The summed E-state index contributed by atoms with van der Waals surface area (Å²) in [4.78, 5) is 13.8. The van der Waals surface area contributed by atoms with Gasteiger partial charge in [-0.3, -0.25) is 4.79 Å². The predicted octanol–water partition coefficient (Wildman–Crippen LogP) is 1.57. The smallest absolute Gasteiger partial charge is 0.292 e. The van der Waals surface area contributed by atoms with E-state index < -0.39 is 0 Å². The van der Waals surface area contributed by atoms with Gasteiger partial charge in [0.2, 0.25) is 5.76 Å². The van der Waals surface area contributed by atoms with Gasteiger partial charge in [0.05, 0.1) is 12.7 Å². The summed E-state index contributed by atoms with van der Waals surface area (Å²) in [6.07, 6.45) is 1.53. The van der Waals surface area contributed by atoms with E-state index in [2.05, 4.69) is 17.0 Å². The van der Waals surface area contributed by atoms with Crippen LogP contribution in [0.3, 0.4) is 0 Å². The molecular formula is C16H17N3O2. The zero-order chi connectivity index (χ0) is 15.2. The monoisotopic (exact) mass is 283 g/mol. The van der Waals surface area contributed by atoms with Crippen LogP contribution in [0.25, 0.3) is 0 Å². The largest absolute Gasteiger partial charge is 0.351 e. The molecule has 0 aliphatic rings. The van der Waals surface area contributed by atoms with Crippen LogP contribution in [-0.4, -0.2) is 29.6 Å². The van der Waals surface area contributed by atoms with E-state index in [0.717, 1.165) is 16.7 Å². The molecule has 1 aromatic carbocycles. The molecule has 0 fully saturated rings. The average molecular weight is 283 g/mol.